The number of benzene rings is 1. The van der Waals surface area contributed by atoms with E-state index in [1.807, 2.05) is 30.3 Å². The minimum atomic E-state index is -1.52. The van der Waals surface area contributed by atoms with Crippen molar-refractivity contribution in [2.24, 2.45) is 0 Å². The van der Waals surface area contributed by atoms with Crippen molar-refractivity contribution in [3.05, 3.63) is 35.9 Å². The molecule has 6 N–H and O–H groups in total. The van der Waals surface area contributed by atoms with Crippen LogP contribution in [0.4, 0.5) is 4.79 Å². The fourth-order valence-corrected chi connectivity index (χ4v) is 2.37. The first-order valence-electron chi connectivity index (χ1n) is 7.41. The van der Waals surface area contributed by atoms with Crippen molar-refractivity contribution in [1.82, 2.24) is 10.6 Å². The molecule has 1 aromatic carbocycles. The molecule has 5 atom stereocenters. The lowest BCUT2D eigenvalue weighted by Crippen LogP contribution is -2.64. The van der Waals surface area contributed by atoms with Gasteiger partial charge in [-0.3, -0.25) is 0 Å². The highest BCUT2D eigenvalue weighted by Crippen LogP contribution is 2.19. The minimum absolute atomic E-state index is 0.382. The normalized spacial score (nSPS) is 30.7. The van der Waals surface area contributed by atoms with Gasteiger partial charge in [-0.1, -0.05) is 30.3 Å². The van der Waals surface area contributed by atoms with Crippen LogP contribution in [0.2, 0.25) is 0 Å². The molecule has 1 aromatic rings. The Morgan fingerprint density at radius 1 is 1.09 bits per heavy atom. The van der Waals surface area contributed by atoms with E-state index in [1.54, 1.807) is 0 Å². The van der Waals surface area contributed by atoms with Crippen molar-refractivity contribution >= 4 is 6.03 Å². The monoisotopic (exact) mass is 326 g/mol. The van der Waals surface area contributed by atoms with Crippen molar-refractivity contribution in [2.75, 3.05) is 13.2 Å². The maximum Gasteiger partial charge on any atom is 0.316 e. The largest absolute Gasteiger partial charge is 0.394 e. The maximum atomic E-state index is 11.8. The van der Waals surface area contributed by atoms with E-state index >= 15 is 0 Å². The van der Waals surface area contributed by atoms with Gasteiger partial charge >= 0.3 is 6.03 Å². The van der Waals surface area contributed by atoms with Crippen molar-refractivity contribution in [3.63, 3.8) is 0 Å². The summed E-state index contributed by atoms with van der Waals surface area (Å²) < 4.78 is 5.18. The van der Waals surface area contributed by atoms with Gasteiger partial charge in [-0.25, -0.2) is 4.79 Å². The molecular formula is C15H22N2O6. The van der Waals surface area contributed by atoms with E-state index in [9.17, 15) is 20.1 Å². The van der Waals surface area contributed by atoms with E-state index < -0.39 is 43.3 Å². The molecule has 1 fully saturated rings. The van der Waals surface area contributed by atoms with Crippen LogP contribution in [0, 0.1) is 0 Å². The van der Waals surface area contributed by atoms with Gasteiger partial charge in [0.05, 0.1) is 6.61 Å². The Morgan fingerprint density at radius 2 is 1.78 bits per heavy atom. The Morgan fingerprint density at radius 3 is 2.43 bits per heavy atom. The lowest BCUT2D eigenvalue weighted by Gasteiger charge is -2.40. The van der Waals surface area contributed by atoms with Crippen molar-refractivity contribution in [2.45, 2.75) is 37.1 Å². The highest BCUT2D eigenvalue weighted by molar-refractivity contribution is 5.74. The molecule has 1 aliphatic heterocycles. The smallest absolute Gasteiger partial charge is 0.316 e. The van der Waals surface area contributed by atoms with Crippen molar-refractivity contribution in [3.8, 4) is 0 Å². The molecule has 1 aliphatic rings. The summed E-state index contributed by atoms with van der Waals surface area (Å²) in [6.45, 7) is -0.161. The van der Waals surface area contributed by atoms with Gasteiger partial charge in [0.15, 0.2) is 6.23 Å². The second kappa shape index (κ2) is 8.23. The number of hydrogen-bond donors (Lipinski definition) is 6. The zero-order valence-corrected chi connectivity index (χ0v) is 12.5. The number of rotatable bonds is 5. The molecule has 0 spiro atoms. The molecule has 8 heteroatoms. The minimum Gasteiger partial charge on any atom is -0.394 e. The van der Waals surface area contributed by atoms with Crippen LogP contribution in [0.1, 0.15) is 5.56 Å². The van der Waals surface area contributed by atoms with E-state index in [0.29, 0.717) is 13.0 Å². The van der Waals surface area contributed by atoms with Crippen LogP contribution in [-0.4, -0.2) is 70.3 Å². The van der Waals surface area contributed by atoms with Crippen molar-refractivity contribution < 1.29 is 30.0 Å². The zero-order chi connectivity index (χ0) is 16.8. The van der Waals surface area contributed by atoms with Gasteiger partial charge in [0.25, 0.3) is 0 Å². The van der Waals surface area contributed by atoms with Gasteiger partial charge in [-0.15, -0.1) is 0 Å². The van der Waals surface area contributed by atoms with Crippen molar-refractivity contribution in [1.29, 1.82) is 0 Å². The van der Waals surface area contributed by atoms with E-state index in [4.69, 9.17) is 9.84 Å². The second-order valence-electron chi connectivity index (χ2n) is 5.39. The summed E-state index contributed by atoms with van der Waals surface area (Å²) in [4.78, 5) is 11.8. The number of carbonyl (C=O) groups is 1. The Labute approximate surface area is 133 Å². The standard InChI is InChI=1S/C15H22N2O6/c18-8-10-11(19)12(20)13(21)14(23-10)17-15(22)16-7-6-9-4-2-1-3-5-9/h1-5,10-14,18-21H,6-8H2,(H2,16,17,22)/t10-,11-,12+,13-,14-/m1/s1. The fourth-order valence-electron chi connectivity index (χ4n) is 2.37. The number of hydrogen-bond acceptors (Lipinski definition) is 6. The molecule has 0 bridgehead atoms. The molecule has 0 saturated carbocycles. The first-order valence-corrected chi connectivity index (χ1v) is 7.41. The summed E-state index contributed by atoms with van der Waals surface area (Å²) in [5, 5.41) is 43.2. The topological polar surface area (TPSA) is 131 Å². The van der Waals surface area contributed by atoms with Gasteiger partial charge in [0.1, 0.15) is 24.4 Å². The Kier molecular flexibility index (Phi) is 6.31. The zero-order valence-electron chi connectivity index (χ0n) is 12.5. The Balaban J connectivity index is 1.79. The lowest BCUT2D eigenvalue weighted by atomic mass is 9.98. The third-order valence-electron chi connectivity index (χ3n) is 3.71. The van der Waals surface area contributed by atoms with Crippen LogP contribution in [-0.2, 0) is 11.2 Å². The van der Waals surface area contributed by atoms with Gasteiger partial charge in [0.2, 0.25) is 0 Å². The molecule has 23 heavy (non-hydrogen) atoms. The number of ether oxygens (including phenoxy) is 1. The van der Waals surface area contributed by atoms with Gasteiger partial charge < -0.3 is 35.8 Å². The van der Waals surface area contributed by atoms with E-state index in [1.165, 1.54) is 0 Å². The van der Waals surface area contributed by atoms with Crippen LogP contribution in [0.25, 0.3) is 0 Å². The van der Waals surface area contributed by atoms with Crippen LogP contribution in [0.15, 0.2) is 30.3 Å². The molecule has 0 aliphatic carbocycles. The number of nitrogens with one attached hydrogen (secondary N) is 2. The number of aliphatic hydroxyl groups excluding tert-OH is 4. The lowest BCUT2D eigenvalue weighted by molar-refractivity contribution is -0.233. The number of amides is 2. The molecular weight excluding hydrogens is 304 g/mol. The highest BCUT2D eigenvalue weighted by Gasteiger charge is 2.43. The quantitative estimate of drug-likeness (QED) is 0.383. The Bertz CT molecular complexity index is 498. The molecule has 2 amide bonds. The van der Waals surface area contributed by atoms with Gasteiger partial charge in [0, 0.05) is 6.54 Å². The molecule has 2 rings (SSSR count). The third kappa shape index (κ3) is 4.63. The van der Waals surface area contributed by atoms with E-state index in [2.05, 4.69) is 10.6 Å². The maximum absolute atomic E-state index is 11.8. The average Bonchev–Trinajstić information content (AvgIpc) is 2.56. The summed E-state index contributed by atoms with van der Waals surface area (Å²) in [6.07, 6.45) is -6.09. The highest BCUT2D eigenvalue weighted by atomic mass is 16.6. The molecule has 128 valence electrons. The van der Waals surface area contributed by atoms with Gasteiger partial charge in [-0.05, 0) is 12.0 Å². The van der Waals surface area contributed by atoms with Crippen LogP contribution >= 0.6 is 0 Å². The first-order chi connectivity index (χ1) is 11.0. The second-order valence-corrected chi connectivity index (χ2v) is 5.39. The van der Waals surface area contributed by atoms with E-state index in [0.717, 1.165) is 5.56 Å². The summed E-state index contributed by atoms with van der Waals surface area (Å²) in [5.74, 6) is 0. The summed E-state index contributed by atoms with van der Waals surface area (Å²) >= 11 is 0. The molecule has 0 unspecified atom stereocenters. The molecule has 1 saturated heterocycles. The third-order valence-corrected chi connectivity index (χ3v) is 3.71. The first kappa shape index (κ1) is 17.6. The van der Waals surface area contributed by atoms with Crippen LogP contribution < -0.4 is 10.6 Å². The number of urea groups is 1. The van der Waals surface area contributed by atoms with Crippen LogP contribution in [0.5, 0.6) is 0 Å². The predicted molar refractivity (Wildman–Crippen MR) is 80.4 cm³/mol. The number of aliphatic hydroxyl groups is 4. The summed E-state index contributed by atoms with van der Waals surface area (Å²) in [5.41, 5.74) is 1.07. The SMILES string of the molecule is O=C(NCCc1ccccc1)N[C@@H]1O[C@H](CO)[C@@H](O)[C@H](O)[C@H]1O. The van der Waals surface area contributed by atoms with Crippen LogP contribution in [0.3, 0.4) is 0 Å². The van der Waals surface area contributed by atoms with Gasteiger partial charge in [-0.2, -0.15) is 0 Å². The molecule has 0 radical (unpaired) electrons. The number of carbonyl (C=O) groups excluding carboxylic acids is 1. The molecule has 0 aromatic heterocycles. The molecule has 1 heterocycles. The average molecular weight is 326 g/mol. The Hall–Kier alpha value is -1.71. The van der Waals surface area contributed by atoms with E-state index in [-0.39, 0.29) is 0 Å². The fraction of sp³-hybridized carbons (Fsp3) is 0.533. The summed E-state index contributed by atoms with van der Waals surface area (Å²) in [7, 11) is 0. The predicted octanol–water partition coefficient (Wildman–Crippen LogP) is -1.67. The molecule has 8 nitrogen and oxygen atoms in total. The summed E-state index contributed by atoms with van der Waals surface area (Å²) in [6, 6.07) is 9.02.